The van der Waals surface area contributed by atoms with Gasteiger partial charge in [0, 0.05) is 37.2 Å². The molecule has 1 amide bonds. The Morgan fingerprint density at radius 1 is 1.18 bits per heavy atom. The summed E-state index contributed by atoms with van der Waals surface area (Å²) in [6.45, 7) is 4.11. The molecule has 1 unspecified atom stereocenters. The van der Waals surface area contributed by atoms with Crippen LogP contribution in [0.2, 0.25) is 0 Å². The minimum Gasteiger partial charge on any atom is -0.493 e. The molecule has 7 heteroatoms. The van der Waals surface area contributed by atoms with Crippen LogP contribution in [0.15, 0.2) is 60.3 Å². The molecule has 2 heterocycles. The average molecular weight is 465 g/mol. The highest BCUT2D eigenvalue weighted by molar-refractivity contribution is 5.93. The second-order valence-corrected chi connectivity index (χ2v) is 8.56. The lowest BCUT2D eigenvalue weighted by Crippen LogP contribution is -2.48. The first-order valence-electron chi connectivity index (χ1n) is 11.8. The number of aromatic nitrogens is 1. The summed E-state index contributed by atoms with van der Waals surface area (Å²) < 4.78 is 17.0. The van der Waals surface area contributed by atoms with Crippen LogP contribution in [0.5, 0.6) is 17.2 Å². The number of benzene rings is 1. The van der Waals surface area contributed by atoms with Crippen LogP contribution in [0, 0.1) is 5.92 Å². The van der Waals surface area contributed by atoms with E-state index >= 15 is 0 Å². The van der Waals surface area contributed by atoms with Gasteiger partial charge in [-0.1, -0.05) is 36.8 Å². The fourth-order valence-electron chi connectivity index (χ4n) is 4.15. The first kappa shape index (κ1) is 23.8. The van der Waals surface area contributed by atoms with Gasteiger partial charge in [-0.25, -0.2) is 0 Å². The number of methoxy groups -OCH3 is 1. The number of pyridine rings is 1. The molecule has 4 rings (SSSR count). The predicted molar refractivity (Wildman–Crippen MR) is 130 cm³/mol. The number of rotatable bonds is 10. The molecule has 7 nitrogen and oxygen atoms in total. The summed E-state index contributed by atoms with van der Waals surface area (Å²) in [4.78, 5) is 18.7. The van der Waals surface area contributed by atoms with Gasteiger partial charge in [0.25, 0.3) is 5.91 Å². The maximum Gasteiger partial charge on any atom is 0.272 e. The molecule has 1 aliphatic heterocycles. The number of amides is 1. The highest BCUT2D eigenvalue weighted by atomic mass is 16.5. The normalized spacial score (nSPS) is 17.7. The Morgan fingerprint density at radius 3 is 2.74 bits per heavy atom. The van der Waals surface area contributed by atoms with Crippen molar-refractivity contribution >= 4 is 5.91 Å². The number of carbonyl (C=O) groups excluding carboxylic acids is 1. The Bertz CT molecular complexity index is 1060. The summed E-state index contributed by atoms with van der Waals surface area (Å²) in [7, 11) is 1.65. The Morgan fingerprint density at radius 2 is 2.03 bits per heavy atom. The predicted octanol–water partition coefficient (Wildman–Crippen LogP) is 3.99. The van der Waals surface area contributed by atoms with Crippen molar-refractivity contribution in [3.05, 3.63) is 71.6 Å². The van der Waals surface area contributed by atoms with Crippen molar-refractivity contribution in [3.63, 3.8) is 0 Å². The topological polar surface area (TPSA) is 81.1 Å². The van der Waals surface area contributed by atoms with Gasteiger partial charge in [0.2, 0.25) is 0 Å². The number of nitrogens with zero attached hydrogens (tertiary/aromatic N) is 2. The number of likely N-dealkylation sites (tertiary alicyclic amines) is 1. The van der Waals surface area contributed by atoms with E-state index in [0.29, 0.717) is 42.8 Å². The fourth-order valence-corrected chi connectivity index (χ4v) is 4.15. The van der Waals surface area contributed by atoms with E-state index in [-0.39, 0.29) is 25.0 Å². The SMILES string of the molecule is CCC1=CCC(COc2ccc(C3CN(C(=O)c4cc(OCCO)ccn4)C3)cc2OC)C=C1. The molecule has 0 spiro atoms. The van der Waals surface area contributed by atoms with Gasteiger partial charge in [-0.05, 0) is 36.6 Å². The molecule has 0 radical (unpaired) electrons. The summed E-state index contributed by atoms with van der Waals surface area (Å²) in [5, 5.41) is 8.90. The first-order valence-corrected chi connectivity index (χ1v) is 11.8. The van der Waals surface area contributed by atoms with Crippen molar-refractivity contribution in [1.29, 1.82) is 0 Å². The molecular formula is C27H32N2O5. The molecule has 1 atom stereocenters. The van der Waals surface area contributed by atoms with E-state index in [9.17, 15) is 4.79 Å². The van der Waals surface area contributed by atoms with Crippen LogP contribution in [0.4, 0.5) is 0 Å². The minimum atomic E-state index is -0.126. The zero-order valence-corrected chi connectivity index (χ0v) is 19.8. The van der Waals surface area contributed by atoms with Gasteiger partial charge >= 0.3 is 0 Å². The molecule has 0 saturated carbocycles. The number of ether oxygens (including phenoxy) is 3. The van der Waals surface area contributed by atoms with Gasteiger partial charge in [0.1, 0.15) is 18.1 Å². The molecule has 0 bridgehead atoms. The van der Waals surface area contributed by atoms with Gasteiger partial charge in [0.15, 0.2) is 11.5 Å². The van der Waals surface area contributed by atoms with E-state index in [1.807, 2.05) is 12.1 Å². The minimum absolute atomic E-state index is 0.0819. The van der Waals surface area contributed by atoms with Crippen LogP contribution in [-0.2, 0) is 0 Å². The average Bonchev–Trinajstić information content (AvgIpc) is 2.86. The van der Waals surface area contributed by atoms with Gasteiger partial charge in [-0.15, -0.1) is 0 Å². The van der Waals surface area contributed by atoms with E-state index in [4.69, 9.17) is 19.3 Å². The number of allylic oxidation sites excluding steroid dienone is 3. The number of hydrogen-bond donors (Lipinski definition) is 1. The van der Waals surface area contributed by atoms with Crippen LogP contribution in [0.1, 0.15) is 41.7 Å². The third kappa shape index (κ3) is 5.59. The maximum atomic E-state index is 12.8. The van der Waals surface area contributed by atoms with E-state index in [2.05, 4.69) is 36.2 Å². The van der Waals surface area contributed by atoms with Crippen molar-refractivity contribution in [2.75, 3.05) is 40.0 Å². The zero-order chi connectivity index (χ0) is 23.9. The lowest BCUT2D eigenvalue weighted by molar-refractivity contribution is 0.0595. The van der Waals surface area contributed by atoms with Crippen LogP contribution in [0.25, 0.3) is 0 Å². The monoisotopic (exact) mass is 464 g/mol. The summed E-state index contributed by atoms with van der Waals surface area (Å²) in [6, 6.07) is 9.31. The Labute approximate surface area is 200 Å². The van der Waals surface area contributed by atoms with Gasteiger partial charge in [-0.2, -0.15) is 0 Å². The van der Waals surface area contributed by atoms with Gasteiger partial charge < -0.3 is 24.2 Å². The molecule has 1 N–H and O–H groups in total. The molecule has 1 aliphatic carbocycles. The van der Waals surface area contributed by atoms with Crippen molar-refractivity contribution in [2.45, 2.75) is 25.7 Å². The zero-order valence-electron chi connectivity index (χ0n) is 19.8. The summed E-state index contributed by atoms with van der Waals surface area (Å²) >= 11 is 0. The van der Waals surface area contributed by atoms with Crippen LogP contribution in [-0.4, -0.2) is 60.9 Å². The smallest absolute Gasteiger partial charge is 0.272 e. The summed E-state index contributed by atoms with van der Waals surface area (Å²) in [6.07, 6.45) is 10.3. The quantitative estimate of drug-likeness (QED) is 0.573. The third-order valence-corrected chi connectivity index (χ3v) is 6.26. The maximum absolute atomic E-state index is 12.8. The van der Waals surface area contributed by atoms with E-state index < -0.39 is 0 Å². The lowest BCUT2D eigenvalue weighted by Gasteiger charge is -2.39. The number of aliphatic hydroxyl groups is 1. The highest BCUT2D eigenvalue weighted by Crippen LogP contribution is 2.35. The Kier molecular flexibility index (Phi) is 7.85. The number of aliphatic hydroxyl groups excluding tert-OH is 1. The second-order valence-electron chi connectivity index (χ2n) is 8.56. The van der Waals surface area contributed by atoms with Crippen molar-refractivity contribution in [3.8, 4) is 17.2 Å². The van der Waals surface area contributed by atoms with Crippen LogP contribution >= 0.6 is 0 Å². The molecule has 2 aliphatic rings. The molecule has 1 saturated heterocycles. The van der Waals surface area contributed by atoms with Crippen LogP contribution < -0.4 is 14.2 Å². The highest BCUT2D eigenvalue weighted by Gasteiger charge is 2.33. The van der Waals surface area contributed by atoms with E-state index in [1.54, 1.807) is 30.3 Å². The van der Waals surface area contributed by atoms with Crippen molar-refractivity contribution < 1.29 is 24.1 Å². The number of carbonyl (C=O) groups is 1. The second kappa shape index (κ2) is 11.2. The molecule has 1 fully saturated rings. The molecule has 34 heavy (non-hydrogen) atoms. The standard InChI is InChI=1S/C27H32N2O5/c1-3-19-4-6-20(7-5-19)18-34-25-9-8-21(14-26(25)32-2)22-16-29(17-22)27(31)24-15-23(10-11-28-24)33-13-12-30/h4-6,8-11,14-15,20,22,30H,3,7,12-13,16-18H2,1-2H3. The Balaban J connectivity index is 1.32. The van der Waals surface area contributed by atoms with E-state index in [1.165, 1.54) is 5.57 Å². The largest absolute Gasteiger partial charge is 0.493 e. The third-order valence-electron chi connectivity index (χ3n) is 6.26. The summed E-state index contributed by atoms with van der Waals surface area (Å²) in [5.74, 6) is 2.45. The lowest BCUT2D eigenvalue weighted by atomic mass is 9.91. The molecule has 1 aromatic heterocycles. The number of hydrogen-bond acceptors (Lipinski definition) is 6. The molecule has 2 aromatic rings. The van der Waals surface area contributed by atoms with Gasteiger partial charge in [0.05, 0.1) is 20.3 Å². The summed E-state index contributed by atoms with van der Waals surface area (Å²) in [5.41, 5.74) is 2.84. The molecular weight excluding hydrogens is 432 g/mol. The van der Waals surface area contributed by atoms with Crippen LogP contribution in [0.3, 0.4) is 0 Å². The van der Waals surface area contributed by atoms with Crippen molar-refractivity contribution in [2.24, 2.45) is 5.92 Å². The van der Waals surface area contributed by atoms with E-state index in [0.717, 1.165) is 24.2 Å². The molecule has 1 aromatic carbocycles. The first-order chi connectivity index (χ1) is 16.6. The fraction of sp³-hybridized carbons (Fsp3) is 0.407. The molecule has 180 valence electrons. The van der Waals surface area contributed by atoms with Crippen molar-refractivity contribution in [1.82, 2.24) is 9.88 Å². The Hall–Kier alpha value is -3.32. The van der Waals surface area contributed by atoms with Gasteiger partial charge in [-0.3, -0.25) is 9.78 Å².